The first-order chi connectivity index (χ1) is 11.1. The van der Waals surface area contributed by atoms with Gasteiger partial charge in [-0.3, -0.25) is 14.4 Å². The highest BCUT2D eigenvalue weighted by molar-refractivity contribution is 5.99. The lowest BCUT2D eigenvalue weighted by Crippen LogP contribution is -2.50. The predicted octanol–water partition coefficient (Wildman–Crippen LogP) is 1.41. The first-order valence-corrected chi connectivity index (χ1v) is 7.36. The second-order valence-electron chi connectivity index (χ2n) is 5.45. The Morgan fingerprint density at radius 3 is 2.22 bits per heavy atom. The number of nitrogens with zero attached hydrogens (tertiary/aromatic N) is 2. The average Bonchev–Trinajstić information content (AvgIpc) is 3.25. The molecule has 0 saturated carbocycles. The lowest BCUT2D eigenvalue weighted by molar-refractivity contribution is 0.0532. The topological polar surface area (TPSA) is 86.6 Å². The van der Waals surface area contributed by atoms with Gasteiger partial charge in [-0.05, 0) is 19.1 Å². The van der Waals surface area contributed by atoms with Crippen LogP contribution in [-0.2, 0) is 0 Å². The molecule has 0 unspecified atom stereocenters. The molecule has 0 radical (unpaired) electrons. The van der Waals surface area contributed by atoms with Gasteiger partial charge in [-0.1, -0.05) is 0 Å². The van der Waals surface area contributed by atoms with Crippen LogP contribution < -0.4 is 0 Å². The second kappa shape index (κ2) is 6.12. The van der Waals surface area contributed by atoms with E-state index in [1.54, 1.807) is 21.9 Å². The third kappa shape index (κ3) is 3.03. The fourth-order valence-corrected chi connectivity index (χ4v) is 2.57. The number of H-pyrrole nitrogens is 1. The highest BCUT2D eigenvalue weighted by Gasteiger charge is 2.26. The van der Waals surface area contributed by atoms with Crippen molar-refractivity contribution in [1.82, 2.24) is 14.8 Å². The van der Waals surface area contributed by atoms with Crippen LogP contribution in [0, 0.1) is 0 Å². The van der Waals surface area contributed by atoms with E-state index >= 15 is 0 Å². The normalized spacial score (nSPS) is 14.8. The molecule has 1 aliphatic rings. The molecule has 1 aliphatic heterocycles. The van der Waals surface area contributed by atoms with Crippen LogP contribution in [0.3, 0.4) is 0 Å². The lowest BCUT2D eigenvalue weighted by Gasteiger charge is -2.34. The van der Waals surface area contributed by atoms with Crippen molar-refractivity contribution in [3.8, 4) is 0 Å². The van der Waals surface area contributed by atoms with Gasteiger partial charge in [0.05, 0.1) is 11.8 Å². The van der Waals surface area contributed by atoms with Crippen LogP contribution in [0.5, 0.6) is 0 Å². The number of amides is 2. The largest absolute Gasteiger partial charge is 0.472 e. The number of Topliss-reactive ketones (excluding diaryl/α,β-unsaturated/α-hetero) is 1. The molecule has 1 fully saturated rings. The van der Waals surface area contributed by atoms with Crippen molar-refractivity contribution in [2.24, 2.45) is 0 Å². The van der Waals surface area contributed by atoms with Crippen LogP contribution in [0.2, 0.25) is 0 Å². The Labute approximate surface area is 132 Å². The van der Waals surface area contributed by atoms with Crippen LogP contribution in [0.1, 0.15) is 38.1 Å². The van der Waals surface area contributed by atoms with Gasteiger partial charge in [0.15, 0.2) is 5.78 Å². The molecule has 23 heavy (non-hydrogen) atoms. The lowest BCUT2D eigenvalue weighted by atomic mass is 10.2. The molecule has 2 amide bonds. The van der Waals surface area contributed by atoms with Crippen LogP contribution in [0.15, 0.2) is 35.3 Å². The first-order valence-electron chi connectivity index (χ1n) is 7.36. The highest BCUT2D eigenvalue weighted by Crippen LogP contribution is 2.13. The summed E-state index contributed by atoms with van der Waals surface area (Å²) in [5, 5.41) is 0. The van der Waals surface area contributed by atoms with Crippen molar-refractivity contribution in [2.45, 2.75) is 6.92 Å². The molecule has 7 nitrogen and oxygen atoms in total. The summed E-state index contributed by atoms with van der Waals surface area (Å²) in [4.78, 5) is 42.1. The van der Waals surface area contributed by atoms with E-state index in [1.165, 1.54) is 25.6 Å². The number of rotatable bonds is 3. The number of aromatic amines is 1. The number of furan rings is 1. The van der Waals surface area contributed by atoms with Crippen LogP contribution in [0.4, 0.5) is 0 Å². The molecule has 2 aromatic heterocycles. The molecule has 1 saturated heterocycles. The maximum absolute atomic E-state index is 12.4. The fourth-order valence-electron chi connectivity index (χ4n) is 2.57. The minimum atomic E-state index is -0.159. The molecule has 0 atom stereocenters. The third-order valence-corrected chi connectivity index (χ3v) is 3.94. The molecule has 0 aliphatic carbocycles. The summed E-state index contributed by atoms with van der Waals surface area (Å²) >= 11 is 0. The predicted molar refractivity (Wildman–Crippen MR) is 81.3 cm³/mol. The number of hydrogen-bond acceptors (Lipinski definition) is 4. The molecular formula is C16H17N3O4. The summed E-state index contributed by atoms with van der Waals surface area (Å²) in [5.41, 5.74) is 1.40. The Kier molecular flexibility index (Phi) is 4.01. The van der Waals surface area contributed by atoms with E-state index in [-0.39, 0.29) is 17.6 Å². The van der Waals surface area contributed by atoms with Crippen molar-refractivity contribution in [2.75, 3.05) is 26.2 Å². The summed E-state index contributed by atoms with van der Waals surface area (Å²) < 4.78 is 4.92. The number of piperazine rings is 1. The van der Waals surface area contributed by atoms with E-state index in [9.17, 15) is 14.4 Å². The Balaban J connectivity index is 1.61. The van der Waals surface area contributed by atoms with Gasteiger partial charge in [-0.25, -0.2) is 0 Å². The molecule has 2 aromatic rings. The van der Waals surface area contributed by atoms with E-state index < -0.39 is 0 Å². The Hall–Kier alpha value is -2.83. The summed E-state index contributed by atoms with van der Waals surface area (Å²) in [6, 6.07) is 3.19. The van der Waals surface area contributed by atoms with Gasteiger partial charge >= 0.3 is 0 Å². The number of aromatic nitrogens is 1. The van der Waals surface area contributed by atoms with Gasteiger partial charge in [-0.15, -0.1) is 0 Å². The van der Waals surface area contributed by atoms with Crippen LogP contribution >= 0.6 is 0 Å². The first kappa shape index (κ1) is 15.1. The Bertz CT molecular complexity index is 724. The van der Waals surface area contributed by atoms with Gasteiger partial charge < -0.3 is 19.2 Å². The fraction of sp³-hybridized carbons (Fsp3) is 0.312. The van der Waals surface area contributed by atoms with Gasteiger partial charge in [0.1, 0.15) is 12.0 Å². The molecule has 0 bridgehead atoms. The van der Waals surface area contributed by atoms with E-state index in [0.29, 0.717) is 43.0 Å². The molecule has 3 rings (SSSR count). The maximum Gasteiger partial charge on any atom is 0.270 e. The third-order valence-electron chi connectivity index (χ3n) is 3.94. The van der Waals surface area contributed by atoms with Crippen molar-refractivity contribution >= 4 is 17.6 Å². The monoisotopic (exact) mass is 315 g/mol. The Morgan fingerprint density at radius 1 is 1.04 bits per heavy atom. The SMILES string of the molecule is CC(=O)c1c[nH]c(C(=O)N2CCN(C(=O)c3ccoc3)CC2)c1. The van der Waals surface area contributed by atoms with Crippen molar-refractivity contribution < 1.29 is 18.8 Å². The van der Waals surface area contributed by atoms with Gasteiger partial charge in [0.2, 0.25) is 0 Å². The summed E-state index contributed by atoms with van der Waals surface area (Å²) in [6.07, 6.45) is 4.42. The molecule has 120 valence electrons. The number of hydrogen-bond donors (Lipinski definition) is 1. The van der Waals surface area contributed by atoms with Crippen molar-refractivity contribution in [3.63, 3.8) is 0 Å². The summed E-state index contributed by atoms with van der Waals surface area (Å²) in [7, 11) is 0. The molecule has 0 spiro atoms. The standard InChI is InChI=1S/C16H17N3O4/c1-11(20)13-8-14(17-9-13)16(22)19-5-3-18(4-6-19)15(21)12-2-7-23-10-12/h2,7-10,17H,3-6H2,1H3. The molecule has 0 aromatic carbocycles. The minimum Gasteiger partial charge on any atom is -0.472 e. The zero-order valence-corrected chi connectivity index (χ0v) is 12.7. The number of nitrogens with one attached hydrogen (secondary N) is 1. The van der Waals surface area contributed by atoms with Crippen molar-refractivity contribution in [3.05, 3.63) is 47.7 Å². The average molecular weight is 315 g/mol. The number of carbonyl (C=O) groups excluding carboxylic acids is 3. The quantitative estimate of drug-likeness (QED) is 0.868. The smallest absolute Gasteiger partial charge is 0.270 e. The van der Waals surface area contributed by atoms with E-state index in [1.807, 2.05) is 0 Å². The Morgan fingerprint density at radius 2 is 1.70 bits per heavy atom. The van der Waals surface area contributed by atoms with E-state index in [2.05, 4.69) is 4.98 Å². The summed E-state index contributed by atoms with van der Waals surface area (Å²) in [6.45, 7) is 3.30. The second-order valence-corrected chi connectivity index (χ2v) is 5.45. The minimum absolute atomic E-state index is 0.0872. The van der Waals surface area contributed by atoms with Crippen molar-refractivity contribution in [1.29, 1.82) is 0 Å². The van der Waals surface area contributed by atoms with Crippen LogP contribution in [-0.4, -0.2) is 58.6 Å². The van der Waals surface area contributed by atoms with E-state index in [4.69, 9.17) is 4.42 Å². The molecule has 3 heterocycles. The zero-order valence-electron chi connectivity index (χ0n) is 12.7. The summed E-state index contributed by atoms with van der Waals surface area (Å²) in [5.74, 6) is -0.340. The molecule has 1 N–H and O–H groups in total. The van der Waals surface area contributed by atoms with E-state index in [0.717, 1.165) is 0 Å². The molecule has 7 heteroatoms. The zero-order chi connectivity index (χ0) is 16.4. The van der Waals surface area contributed by atoms with Gasteiger partial charge in [0.25, 0.3) is 11.8 Å². The maximum atomic E-state index is 12.4. The highest BCUT2D eigenvalue weighted by atomic mass is 16.3. The molecular weight excluding hydrogens is 298 g/mol. The van der Waals surface area contributed by atoms with Gasteiger partial charge in [-0.2, -0.15) is 0 Å². The number of ketones is 1. The van der Waals surface area contributed by atoms with Gasteiger partial charge in [0, 0.05) is 37.9 Å². The number of carbonyl (C=O) groups is 3. The van der Waals surface area contributed by atoms with Crippen LogP contribution in [0.25, 0.3) is 0 Å².